The Morgan fingerprint density at radius 2 is 1.73 bits per heavy atom. The van der Waals surface area contributed by atoms with Crippen molar-refractivity contribution < 1.29 is 14.6 Å². The predicted octanol–water partition coefficient (Wildman–Crippen LogP) is 5.82. The average molecular weight is 464 g/mol. The van der Waals surface area contributed by atoms with Crippen LogP contribution in [0, 0.1) is 6.92 Å². The number of aliphatic hydroxyl groups excluding tert-OH is 1. The molecular formula is C25H22BrNO3. The van der Waals surface area contributed by atoms with Gasteiger partial charge in [-0.3, -0.25) is 4.79 Å². The van der Waals surface area contributed by atoms with E-state index < -0.39 is 0 Å². The van der Waals surface area contributed by atoms with Crippen LogP contribution in [0.4, 0.5) is 0 Å². The van der Waals surface area contributed by atoms with Crippen molar-refractivity contribution in [1.29, 1.82) is 0 Å². The molecule has 1 atom stereocenters. The fraction of sp³-hybridized carbons (Fsp3) is 0.160. The lowest BCUT2D eigenvalue weighted by molar-refractivity contribution is -0.130. The molecular weight excluding hydrogens is 442 g/mol. The number of ether oxygens (including phenoxy) is 1. The first kappa shape index (κ1) is 20.2. The van der Waals surface area contributed by atoms with Crippen molar-refractivity contribution >= 4 is 27.4 Å². The minimum atomic E-state index is -0.389. The molecule has 0 aliphatic carbocycles. The summed E-state index contributed by atoms with van der Waals surface area (Å²) < 4.78 is 6.15. The van der Waals surface area contributed by atoms with Crippen LogP contribution in [-0.4, -0.2) is 23.0 Å². The maximum Gasteiger partial charge on any atom is 0.290 e. The molecule has 0 spiro atoms. The number of carbonyl (C=O) groups excluding carboxylic acids is 1. The van der Waals surface area contributed by atoms with Gasteiger partial charge in [-0.25, -0.2) is 0 Å². The Balaban J connectivity index is 1.78. The standard InChI is InChI=1S/C25H22BrNO3/c1-16-6-10-18(11-7-16)22-23(19-4-3-5-20(26)14-19)27(25(29)24(22)28)15-17-8-12-21(30-2)13-9-17/h3-14,23,28H,15H2,1-2H3/t23-/m1/s1. The Morgan fingerprint density at radius 1 is 1.03 bits per heavy atom. The van der Waals surface area contributed by atoms with Crippen LogP contribution in [0.2, 0.25) is 0 Å². The highest BCUT2D eigenvalue weighted by Gasteiger charge is 2.41. The number of hydrogen-bond acceptors (Lipinski definition) is 3. The van der Waals surface area contributed by atoms with Gasteiger partial charge in [0, 0.05) is 16.6 Å². The SMILES string of the molecule is COc1ccc(CN2C(=O)C(O)=C(c3ccc(C)cc3)[C@H]2c2cccc(Br)c2)cc1. The van der Waals surface area contributed by atoms with Gasteiger partial charge in [-0.05, 0) is 47.9 Å². The van der Waals surface area contributed by atoms with E-state index in [0.29, 0.717) is 12.1 Å². The van der Waals surface area contributed by atoms with Crippen LogP contribution >= 0.6 is 15.9 Å². The molecule has 0 aromatic heterocycles. The largest absolute Gasteiger partial charge is 0.503 e. The highest BCUT2D eigenvalue weighted by atomic mass is 79.9. The summed E-state index contributed by atoms with van der Waals surface area (Å²) in [6.45, 7) is 2.39. The summed E-state index contributed by atoms with van der Waals surface area (Å²) in [7, 11) is 1.62. The topological polar surface area (TPSA) is 49.8 Å². The smallest absolute Gasteiger partial charge is 0.290 e. The monoisotopic (exact) mass is 463 g/mol. The maximum atomic E-state index is 13.1. The van der Waals surface area contributed by atoms with Crippen LogP contribution in [0.3, 0.4) is 0 Å². The zero-order valence-electron chi connectivity index (χ0n) is 16.8. The van der Waals surface area contributed by atoms with Gasteiger partial charge < -0.3 is 14.7 Å². The van der Waals surface area contributed by atoms with Crippen LogP contribution in [0.5, 0.6) is 5.75 Å². The molecule has 0 bridgehead atoms. The van der Waals surface area contributed by atoms with Gasteiger partial charge in [0.15, 0.2) is 5.76 Å². The minimum absolute atomic E-state index is 0.197. The molecule has 152 valence electrons. The molecule has 0 fully saturated rings. The van der Waals surface area contributed by atoms with Gasteiger partial charge in [-0.15, -0.1) is 0 Å². The number of rotatable bonds is 5. The van der Waals surface area contributed by atoms with Crippen molar-refractivity contribution in [1.82, 2.24) is 4.90 Å². The van der Waals surface area contributed by atoms with Crippen molar-refractivity contribution in [2.24, 2.45) is 0 Å². The summed E-state index contributed by atoms with van der Waals surface area (Å²) in [5.41, 5.74) is 4.49. The second-order valence-electron chi connectivity index (χ2n) is 7.37. The van der Waals surface area contributed by atoms with Crippen molar-refractivity contribution in [3.05, 3.63) is 105 Å². The van der Waals surface area contributed by atoms with Crippen LogP contribution in [-0.2, 0) is 11.3 Å². The van der Waals surface area contributed by atoms with Crippen LogP contribution in [0.15, 0.2) is 83.0 Å². The summed E-state index contributed by atoms with van der Waals surface area (Å²) in [4.78, 5) is 14.9. The molecule has 3 aromatic carbocycles. The molecule has 0 saturated heterocycles. The molecule has 0 saturated carbocycles. The molecule has 1 aliphatic heterocycles. The molecule has 0 unspecified atom stereocenters. The Morgan fingerprint density at radius 3 is 2.37 bits per heavy atom. The maximum absolute atomic E-state index is 13.1. The summed E-state index contributed by atoms with van der Waals surface area (Å²) in [5.74, 6) is 0.195. The second kappa shape index (κ2) is 8.36. The number of hydrogen-bond donors (Lipinski definition) is 1. The number of aryl methyl sites for hydroxylation is 1. The summed E-state index contributed by atoms with van der Waals surface area (Å²) in [6.07, 6.45) is 0. The van der Waals surface area contributed by atoms with Crippen molar-refractivity contribution in [2.45, 2.75) is 19.5 Å². The molecule has 1 heterocycles. The van der Waals surface area contributed by atoms with Gasteiger partial charge >= 0.3 is 0 Å². The number of carbonyl (C=O) groups is 1. The fourth-order valence-electron chi connectivity index (χ4n) is 3.80. The lowest BCUT2D eigenvalue weighted by Gasteiger charge is -2.28. The molecule has 5 heteroatoms. The average Bonchev–Trinajstić information content (AvgIpc) is 3.00. The summed E-state index contributed by atoms with van der Waals surface area (Å²) in [5, 5.41) is 10.9. The quantitative estimate of drug-likeness (QED) is 0.518. The van der Waals surface area contributed by atoms with E-state index in [1.807, 2.05) is 79.7 Å². The molecule has 0 radical (unpaired) electrons. The molecule has 30 heavy (non-hydrogen) atoms. The van der Waals surface area contributed by atoms with E-state index in [4.69, 9.17) is 4.74 Å². The van der Waals surface area contributed by atoms with Crippen LogP contribution in [0.25, 0.3) is 5.57 Å². The predicted molar refractivity (Wildman–Crippen MR) is 121 cm³/mol. The number of halogens is 1. The van der Waals surface area contributed by atoms with E-state index in [2.05, 4.69) is 15.9 Å². The van der Waals surface area contributed by atoms with Crippen molar-refractivity contribution in [3.63, 3.8) is 0 Å². The molecule has 3 aromatic rings. The first-order valence-electron chi connectivity index (χ1n) is 9.67. The van der Waals surface area contributed by atoms with E-state index in [1.165, 1.54) is 0 Å². The number of nitrogens with zero attached hydrogens (tertiary/aromatic N) is 1. The zero-order chi connectivity index (χ0) is 21.3. The van der Waals surface area contributed by atoms with Gasteiger partial charge in [0.05, 0.1) is 13.2 Å². The van der Waals surface area contributed by atoms with Gasteiger partial charge in [0.1, 0.15) is 5.75 Å². The zero-order valence-corrected chi connectivity index (χ0v) is 18.4. The normalized spacial score (nSPS) is 16.3. The van der Waals surface area contributed by atoms with E-state index in [0.717, 1.165) is 32.5 Å². The number of methoxy groups -OCH3 is 1. The summed E-state index contributed by atoms with van der Waals surface area (Å²) >= 11 is 3.53. The third-order valence-corrected chi connectivity index (χ3v) is 5.84. The first-order chi connectivity index (χ1) is 14.5. The third kappa shape index (κ3) is 3.85. The van der Waals surface area contributed by atoms with Crippen molar-refractivity contribution in [2.75, 3.05) is 7.11 Å². The highest BCUT2D eigenvalue weighted by molar-refractivity contribution is 9.10. The Bertz CT molecular complexity index is 1100. The van der Waals surface area contributed by atoms with Gasteiger partial charge in [-0.2, -0.15) is 0 Å². The van der Waals surface area contributed by atoms with E-state index in [1.54, 1.807) is 12.0 Å². The molecule has 4 nitrogen and oxygen atoms in total. The molecule has 1 aliphatic rings. The highest BCUT2D eigenvalue weighted by Crippen LogP contribution is 2.44. The minimum Gasteiger partial charge on any atom is -0.503 e. The molecule has 1 amide bonds. The Hall–Kier alpha value is -3.05. The number of amides is 1. The van der Waals surface area contributed by atoms with E-state index in [9.17, 15) is 9.90 Å². The number of benzene rings is 3. The Kier molecular flexibility index (Phi) is 5.64. The van der Waals surface area contributed by atoms with E-state index in [-0.39, 0.29) is 17.7 Å². The number of aliphatic hydroxyl groups is 1. The Labute approximate surface area is 184 Å². The lowest BCUT2D eigenvalue weighted by Crippen LogP contribution is -2.29. The van der Waals surface area contributed by atoms with Crippen LogP contribution in [0.1, 0.15) is 28.3 Å². The lowest BCUT2D eigenvalue weighted by atomic mass is 9.93. The van der Waals surface area contributed by atoms with E-state index >= 15 is 0 Å². The third-order valence-electron chi connectivity index (χ3n) is 5.34. The first-order valence-corrected chi connectivity index (χ1v) is 10.5. The molecule has 4 rings (SSSR count). The van der Waals surface area contributed by atoms with Crippen LogP contribution < -0.4 is 4.74 Å². The second-order valence-corrected chi connectivity index (χ2v) is 8.28. The van der Waals surface area contributed by atoms with Gasteiger partial charge in [-0.1, -0.05) is 70.0 Å². The van der Waals surface area contributed by atoms with Crippen molar-refractivity contribution in [3.8, 4) is 5.75 Å². The summed E-state index contributed by atoms with van der Waals surface area (Å²) in [6, 6.07) is 23.0. The fourth-order valence-corrected chi connectivity index (χ4v) is 4.21. The van der Waals surface area contributed by atoms with Gasteiger partial charge in [0.2, 0.25) is 0 Å². The molecule has 1 N–H and O–H groups in total. The van der Waals surface area contributed by atoms with Gasteiger partial charge in [0.25, 0.3) is 5.91 Å².